The van der Waals surface area contributed by atoms with Crippen molar-refractivity contribution in [2.45, 2.75) is 51.5 Å². The summed E-state index contributed by atoms with van der Waals surface area (Å²) in [6.45, 7) is 3.57. The SMILES string of the molecule is CCCC(C)(NC(=O)C1C2C3CCC(C3)C12)C(=O)O. The van der Waals surface area contributed by atoms with Crippen molar-refractivity contribution in [3.8, 4) is 0 Å². The van der Waals surface area contributed by atoms with E-state index in [-0.39, 0.29) is 11.8 Å². The molecule has 2 bridgehead atoms. The van der Waals surface area contributed by atoms with Crippen molar-refractivity contribution in [2.75, 3.05) is 0 Å². The zero-order valence-electron chi connectivity index (χ0n) is 11.7. The summed E-state index contributed by atoms with van der Waals surface area (Å²) in [5.41, 5.74) is -1.10. The van der Waals surface area contributed by atoms with Crippen LogP contribution in [0, 0.1) is 29.6 Å². The molecular weight excluding hydrogens is 242 g/mol. The van der Waals surface area contributed by atoms with Gasteiger partial charge >= 0.3 is 5.97 Å². The molecule has 4 nitrogen and oxygen atoms in total. The summed E-state index contributed by atoms with van der Waals surface area (Å²) in [6.07, 6.45) is 5.11. The Morgan fingerprint density at radius 1 is 1.26 bits per heavy atom. The average Bonchev–Trinajstić information content (AvgIpc) is 2.79. The first-order chi connectivity index (χ1) is 8.98. The molecule has 1 amide bonds. The number of rotatable bonds is 5. The van der Waals surface area contributed by atoms with Gasteiger partial charge in [-0.05, 0) is 56.3 Å². The number of hydrogen-bond donors (Lipinski definition) is 2. The van der Waals surface area contributed by atoms with Crippen molar-refractivity contribution < 1.29 is 14.7 Å². The van der Waals surface area contributed by atoms with Crippen LogP contribution in [0.4, 0.5) is 0 Å². The Labute approximate surface area is 113 Å². The highest BCUT2D eigenvalue weighted by molar-refractivity contribution is 5.89. The van der Waals surface area contributed by atoms with E-state index < -0.39 is 11.5 Å². The lowest BCUT2D eigenvalue weighted by Gasteiger charge is -2.26. The first-order valence-corrected chi connectivity index (χ1v) is 7.53. The lowest BCUT2D eigenvalue weighted by atomic mass is 9.95. The maximum absolute atomic E-state index is 12.4. The molecule has 3 saturated carbocycles. The maximum Gasteiger partial charge on any atom is 0.329 e. The van der Waals surface area contributed by atoms with Crippen molar-refractivity contribution in [1.29, 1.82) is 0 Å². The van der Waals surface area contributed by atoms with Crippen LogP contribution in [-0.2, 0) is 9.59 Å². The largest absolute Gasteiger partial charge is 0.480 e. The number of carboxylic acids is 1. The zero-order valence-corrected chi connectivity index (χ0v) is 11.7. The van der Waals surface area contributed by atoms with Crippen LogP contribution in [0.5, 0.6) is 0 Å². The first-order valence-electron chi connectivity index (χ1n) is 7.53. The molecule has 3 aliphatic rings. The van der Waals surface area contributed by atoms with Crippen LogP contribution in [0.3, 0.4) is 0 Å². The summed E-state index contributed by atoms with van der Waals surface area (Å²) in [5, 5.41) is 12.1. The molecule has 0 aliphatic heterocycles. The molecule has 0 radical (unpaired) electrons. The molecule has 3 fully saturated rings. The van der Waals surface area contributed by atoms with E-state index in [0.29, 0.717) is 18.3 Å². The summed E-state index contributed by atoms with van der Waals surface area (Å²) in [7, 11) is 0. The zero-order chi connectivity index (χ0) is 13.8. The topological polar surface area (TPSA) is 66.4 Å². The molecule has 0 spiro atoms. The van der Waals surface area contributed by atoms with E-state index in [9.17, 15) is 14.7 Å². The smallest absolute Gasteiger partial charge is 0.329 e. The van der Waals surface area contributed by atoms with Gasteiger partial charge in [-0.2, -0.15) is 0 Å². The van der Waals surface area contributed by atoms with E-state index in [1.807, 2.05) is 6.92 Å². The molecule has 106 valence electrons. The Bertz CT molecular complexity index is 406. The Hall–Kier alpha value is -1.06. The fourth-order valence-corrected chi connectivity index (χ4v) is 4.75. The second kappa shape index (κ2) is 4.22. The molecule has 4 heteroatoms. The van der Waals surface area contributed by atoms with Crippen LogP contribution >= 0.6 is 0 Å². The van der Waals surface area contributed by atoms with Crippen LogP contribution < -0.4 is 5.32 Å². The Morgan fingerprint density at radius 2 is 1.84 bits per heavy atom. The molecule has 3 aliphatic carbocycles. The van der Waals surface area contributed by atoms with E-state index in [1.54, 1.807) is 6.92 Å². The third-order valence-corrected chi connectivity index (χ3v) is 5.66. The van der Waals surface area contributed by atoms with Crippen LogP contribution in [0.15, 0.2) is 0 Å². The summed E-state index contributed by atoms with van der Waals surface area (Å²) >= 11 is 0. The molecule has 0 aromatic rings. The van der Waals surface area contributed by atoms with E-state index in [0.717, 1.165) is 18.3 Å². The predicted molar refractivity (Wildman–Crippen MR) is 70.4 cm³/mol. The van der Waals surface area contributed by atoms with Gasteiger partial charge in [0.15, 0.2) is 0 Å². The van der Waals surface area contributed by atoms with Crippen LogP contribution in [0.25, 0.3) is 0 Å². The maximum atomic E-state index is 12.4. The van der Waals surface area contributed by atoms with Crippen LogP contribution in [0.1, 0.15) is 46.0 Å². The number of carboxylic acid groups (broad SMARTS) is 1. The highest BCUT2D eigenvalue weighted by atomic mass is 16.4. The van der Waals surface area contributed by atoms with Gasteiger partial charge in [0, 0.05) is 5.92 Å². The first kappa shape index (κ1) is 12.9. The van der Waals surface area contributed by atoms with Gasteiger partial charge in [-0.25, -0.2) is 4.79 Å². The van der Waals surface area contributed by atoms with Crippen LogP contribution in [-0.4, -0.2) is 22.5 Å². The Kier molecular flexibility index (Phi) is 2.88. The molecule has 5 atom stereocenters. The standard InChI is InChI=1S/C15H23NO3/c1-3-6-15(2,14(18)19)16-13(17)12-10-8-4-5-9(7-8)11(10)12/h8-12H,3-7H2,1-2H3,(H,16,17)(H,18,19). The minimum absolute atomic E-state index is 0.00931. The van der Waals surface area contributed by atoms with E-state index in [1.165, 1.54) is 19.3 Å². The van der Waals surface area contributed by atoms with Gasteiger partial charge in [0.05, 0.1) is 0 Å². The number of nitrogens with one attached hydrogen (secondary N) is 1. The summed E-state index contributed by atoms with van der Waals surface area (Å²) in [6, 6.07) is 0. The van der Waals surface area contributed by atoms with Gasteiger partial charge in [0.1, 0.15) is 5.54 Å². The third-order valence-electron chi connectivity index (χ3n) is 5.66. The Balaban J connectivity index is 1.65. The van der Waals surface area contributed by atoms with Gasteiger partial charge in [-0.15, -0.1) is 0 Å². The lowest BCUT2D eigenvalue weighted by Crippen LogP contribution is -2.53. The molecule has 0 heterocycles. The highest BCUT2D eigenvalue weighted by Gasteiger charge is 2.67. The van der Waals surface area contributed by atoms with Crippen molar-refractivity contribution in [3.05, 3.63) is 0 Å². The molecular formula is C15H23NO3. The minimum Gasteiger partial charge on any atom is -0.480 e. The molecule has 0 aromatic heterocycles. The fraction of sp³-hybridized carbons (Fsp3) is 0.867. The number of carbonyl (C=O) groups is 2. The number of carbonyl (C=O) groups excluding carboxylic acids is 1. The van der Waals surface area contributed by atoms with Crippen molar-refractivity contribution in [2.24, 2.45) is 29.6 Å². The van der Waals surface area contributed by atoms with Gasteiger partial charge in [0.25, 0.3) is 0 Å². The third kappa shape index (κ3) is 1.87. The number of amides is 1. The molecule has 0 aromatic carbocycles. The van der Waals surface area contributed by atoms with Gasteiger partial charge in [-0.3, -0.25) is 4.79 Å². The normalized spacial score (nSPS) is 41.5. The lowest BCUT2D eigenvalue weighted by molar-refractivity contribution is -0.147. The van der Waals surface area contributed by atoms with E-state index in [4.69, 9.17) is 0 Å². The summed E-state index contributed by atoms with van der Waals surface area (Å²) < 4.78 is 0. The molecule has 5 unspecified atom stereocenters. The van der Waals surface area contributed by atoms with Gasteiger partial charge in [0.2, 0.25) is 5.91 Å². The number of aliphatic carboxylic acids is 1. The molecule has 2 N–H and O–H groups in total. The second-order valence-electron chi connectivity index (χ2n) is 6.89. The fourth-order valence-electron chi connectivity index (χ4n) is 4.75. The van der Waals surface area contributed by atoms with E-state index in [2.05, 4.69) is 5.32 Å². The minimum atomic E-state index is -1.10. The van der Waals surface area contributed by atoms with Crippen molar-refractivity contribution >= 4 is 11.9 Å². The van der Waals surface area contributed by atoms with Gasteiger partial charge in [-0.1, -0.05) is 13.3 Å². The molecule has 3 rings (SSSR count). The predicted octanol–water partition coefficient (Wildman–Crippen LogP) is 2.04. The van der Waals surface area contributed by atoms with E-state index >= 15 is 0 Å². The quantitative estimate of drug-likeness (QED) is 0.799. The number of fused-ring (bicyclic) bond motifs is 5. The summed E-state index contributed by atoms with van der Waals surface area (Å²) in [4.78, 5) is 23.7. The van der Waals surface area contributed by atoms with Crippen molar-refractivity contribution in [1.82, 2.24) is 5.32 Å². The molecule has 19 heavy (non-hydrogen) atoms. The Morgan fingerprint density at radius 3 is 2.32 bits per heavy atom. The second-order valence-corrected chi connectivity index (χ2v) is 6.89. The van der Waals surface area contributed by atoms with Crippen LogP contribution in [0.2, 0.25) is 0 Å². The monoisotopic (exact) mass is 265 g/mol. The van der Waals surface area contributed by atoms with Gasteiger partial charge < -0.3 is 10.4 Å². The molecule has 0 saturated heterocycles. The number of hydrogen-bond acceptors (Lipinski definition) is 2. The highest BCUT2D eigenvalue weighted by Crippen LogP contribution is 2.69. The van der Waals surface area contributed by atoms with Crippen molar-refractivity contribution in [3.63, 3.8) is 0 Å². The summed E-state index contributed by atoms with van der Waals surface area (Å²) in [5.74, 6) is 1.81. The average molecular weight is 265 g/mol.